The summed E-state index contributed by atoms with van der Waals surface area (Å²) in [5.74, 6) is -0.463. The molecule has 1 heterocycles. The van der Waals surface area contributed by atoms with Crippen LogP contribution >= 0.6 is 0 Å². The zero-order valence-electron chi connectivity index (χ0n) is 13.8. The molecule has 0 N–H and O–H groups in total. The van der Waals surface area contributed by atoms with E-state index in [-0.39, 0.29) is 18.3 Å². The van der Waals surface area contributed by atoms with E-state index in [1.165, 1.54) is 24.3 Å². The lowest BCUT2D eigenvalue weighted by Crippen LogP contribution is -2.30. The number of benzene rings is 2. The van der Waals surface area contributed by atoms with E-state index in [0.717, 1.165) is 31.5 Å². The number of nitro groups is 1. The summed E-state index contributed by atoms with van der Waals surface area (Å²) < 4.78 is 5.51. The van der Waals surface area contributed by atoms with Gasteiger partial charge in [-0.25, -0.2) is 4.79 Å². The maximum atomic E-state index is 12.3. The van der Waals surface area contributed by atoms with Gasteiger partial charge in [-0.1, -0.05) is 30.3 Å². The Labute approximate surface area is 146 Å². The van der Waals surface area contributed by atoms with Crippen LogP contribution < -0.4 is 0 Å². The number of carbonyl (C=O) groups excluding carboxylic acids is 1. The Kier molecular flexibility index (Phi) is 5.40. The predicted molar refractivity (Wildman–Crippen MR) is 93.4 cm³/mol. The van der Waals surface area contributed by atoms with Gasteiger partial charge in [0.1, 0.15) is 6.61 Å². The van der Waals surface area contributed by atoms with Gasteiger partial charge in [0.15, 0.2) is 0 Å². The van der Waals surface area contributed by atoms with Gasteiger partial charge >= 0.3 is 5.97 Å². The summed E-state index contributed by atoms with van der Waals surface area (Å²) in [6, 6.07) is 15.5. The van der Waals surface area contributed by atoms with Crippen molar-refractivity contribution in [2.75, 3.05) is 19.7 Å². The van der Waals surface area contributed by atoms with Gasteiger partial charge in [0.25, 0.3) is 5.69 Å². The maximum Gasteiger partial charge on any atom is 0.338 e. The molecule has 0 saturated carbocycles. The molecule has 1 saturated heterocycles. The number of hydrogen-bond acceptors (Lipinski definition) is 5. The summed E-state index contributed by atoms with van der Waals surface area (Å²) in [6.45, 7) is 2.25. The van der Waals surface area contributed by atoms with Crippen LogP contribution in [-0.2, 0) is 4.74 Å². The first kappa shape index (κ1) is 17.1. The molecule has 1 fully saturated rings. The van der Waals surface area contributed by atoms with Gasteiger partial charge in [0, 0.05) is 12.1 Å². The highest BCUT2D eigenvalue weighted by atomic mass is 16.6. The third-order valence-corrected chi connectivity index (χ3v) is 4.45. The number of hydrogen-bond donors (Lipinski definition) is 0. The van der Waals surface area contributed by atoms with Crippen LogP contribution in [0.3, 0.4) is 0 Å². The first-order valence-corrected chi connectivity index (χ1v) is 8.36. The third kappa shape index (κ3) is 4.22. The number of ether oxygens (including phenoxy) is 1. The second-order valence-corrected chi connectivity index (χ2v) is 6.07. The van der Waals surface area contributed by atoms with Crippen molar-refractivity contribution in [3.63, 3.8) is 0 Å². The molecule has 25 heavy (non-hydrogen) atoms. The molecule has 1 atom stereocenters. The Morgan fingerprint density at radius 2 is 1.72 bits per heavy atom. The van der Waals surface area contributed by atoms with Crippen LogP contribution in [0.1, 0.15) is 34.8 Å². The van der Waals surface area contributed by atoms with Crippen LogP contribution in [0.4, 0.5) is 5.69 Å². The normalized spacial score (nSPS) is 15.7. The summed E-state index contributed by atoms with van der Waals surface area (Å²) in [4.78, 5) is 24.8. The molecule has 0 aliphatic carbocycles. The number of esters is 1. The van der Waals surface area contributed by atoms with Crippen molar-refractivity contribution in [1.29, 1.82) is 0 Å². The number of nitro benzene ring substituents is 1. The fourth-order valence-corrected chi connectivity index (χ4v) is 3.10. The maximum absolute atomic E-state index is 12.3. The molecule has 1 aliphatic heterocycles. The van der Waals surface area contributed by atoms with E-state index in [1.807, 2.05) is 30.3 Å². The van der Waals surface area contributed by atoms with Crippen molar-refractivity contribution in [2.45, 2.75) is 18.9 Å². The zero-order chi connectivity index (χ0) is 17.6. The standard InChI is InChI=1S/C19H20N2O4/c22-19(16-8-10-17(11-9-16)21(23)24)25-14-18(20-12-4-5-13-20)15-6-2-1-3-7-15/h1-3,6-11,18H,4-5,12-14H2. The number of non-ortho nitro benzene ring substituents is 1. The summed E-state index contributed by atoms with van der Waals surface area (Å²) in [7, 11) is 0. The van der Waals surface area contributed by atoms with Crippen molar-refractivity contribution < 1.29 is 14.5 Å². The molecule has 3 rings (SSSR count). The highest BCUT2D eigenvalue weighted by Gasteiger charge is 2.25. The summed E-state index contributed by atoms with van der Waals surface area (Å²) in [5.41, 5.74) is 1.40. The molecule has 6 nitrogen and oxygen atoms in total. The van der Waals surface area contributed by atoms with Crippen molar-refractivity contribution >= 4 is 11.7 Å². The van der Waals surface area contributed by atoms with Gasteiger partial charge in [-0.3, -0.25) is 15.0 Å². The van der Waals surface area contributed by atoms with Gasteiger partial charge in [-0.05, 0) is 43.6 Å². The Bertz CT molecular complexity index is 725. The zero-order valence-corrected chi connectivity index (χ0v) is 13.8. The summed E-state index contributed by atoms with van der Waals surface area (Å²) >= 11 is 0. The lowest BCUT2D eigenvalue weighted by molar-refractivity contribution is -0.384. The average molecular weight is 340 g/mol. The summed E-state index contributed by atoms with van der Waals surface area (Å²) in [5, 5.41) is 10.7. The van der Waals surface area contributed by atoms with Gasteiger partial charge in [0.2, 0.25) is 0 Å². The molecule has 2 aromatic carbocycles. The van der Waals surface area contributed by atoms with E-state index >= 15 is 0 Å². The number of likely N-dealkylation sites (tertiary alicyclic amines) is 1. The molecule has 2 aromatic rings. The third-order valence-electron chi connectivity index (χ3n) is 4.45. The average Bonchev–Trinajstić information content (AvgIpc) is 3.17. The molecule has 130 valence electrons. The summed E-state index contributed by atoms with van der Waals surface area (Å²) in [6.07, 6.45) is 2.30. The van der Waals surface area contributed by atoms with Gasteiger partial charge in [0.05, 0.1) is 16.5 Å². The van der Waals surface area contributed by atoms with Crippen molar-refractivity contribution in [1.82, 2.24) is 4.90 Å². The van der Waals surface area contributed by atoms with Crippen LogP contribution in [0.5, 0.6) is 0 Å². The van der Waals surface area contributed by atoms with Crippen LogP contribution in [0.15, 0.2) is 54.6 Å². The van der Waals surface area contributed by atoms with E-state index in [2.05, 4.69) is 4.90 Å². The van der Waals surface area contributed by atoms with E-state index in [4.69, 9.17) is 4.74 Å². The van der Waals surface area contributed by atoms with E-state index in [0.29, 0.717) is 5.56 Å². The quantitative estimate of drug-likeness (QED) is 0.456. The number of rotatable bonds is 6. The van der Waals surface area contributed by atoms with Crippen molar-refractivity contribution in [3.05, 3.63) is 75.8 Å². The molecule has 1 aliphatic rings. The fourth-order valence-electron chi connectivity index (χ4n) is 3.10. The first-order chi connectivity index (χ1) is 12.1. The molecule has 0 aromatic heterocycles. The largest absolute Gasteiger partial charge is 0.460 e. The monoisotopic (exact) mass is 340 g/mol. The number of carbonyl (C=O) groups is 1. The van der Waals surface area contributed by atoms with Crippen LogP contribution in [0.2, 0.25) is 0 Å². The second-order valence-electron chi connectivity index (χ2n) is 6.07. The van der Waals surface area contributed by atoms with Crippen LogP contribution in [-0.4, -0.2) is 35.5 Å². The minimum atomic E-state index is -0.492. The minimum Gasteiger partial charge on any atom is -0.460 e. The topological polar surface area (TPSA) is 72.7 Å². The highest BCUT2D eigenvalue weighted by Crippen LogP contribution is 2.25. The molecule has 0 spiro atoms. The molecule has 1 unspecified atom stereocenters. The van der Waals surface area contributed by atoms with Gasteiger partial charge < -0.3 is 4.74 Å². The SMILES string of the molecule is O=C(OCC(c1ccccc1)N1CCCC1)c1ccc([N+](=O)[O-])cc1. The molecule has 6 heteroatoms. The smallest absolute Gasteiger partial charge is 0.338 e. The Hall–Kier alpha value is -2.73. The molecule has 0 bridgehead atoms. The van der Waals surface area contributed by atoms with Crippen LogP contribution in [0, 0.1) is 10.1 Å². The van der Waals surface area contributed by atoms with Crippen molar-refractivity contribution in [2.24, 2.45) is 0 Å². The predicted octanol–water partition coefficient (Wildman–Crippen LogP) is 3.59. The Morgan fingerprint density at radius 1 is 1.08 bits per heavy atom. The number of nitrogens with zero attached hydrogens (tertiary/aromatic N) is 2. The van der Waals surface area contributed by atoms with Crippen LogP contribution in [0.25, 0.3) is 0 Å². The first-order valence-electron chi connectivity index (χ1n) is 8.36. The highest BCUT2D eigenvalue weighted by molar-refractivity contribution is 5.89. The van der Waals surface area contributed by atoms with E-state index in [9.17, 15) is 14.9 Å². The fraction of sp³-hybridized carbons (Fsp3) is 0.316. The second kappa shape index (κ2) is 7.90. The Balaban J connectivity index is 1.68. The molecule has 0 radical (unpaired) electrons. The van der Waals surface area contributed by atoms with Gasteiger partial charge in [-0.15, -0.1) is 0 Å². The lowest BCUT2D eigenvalue weighted by atomic mass is 10.1. The van der Waals surface area contributed by atoms with E-state index < -0.39 is 10.9 Å². The van der Waals surface area contributed by atoms with Crippen molar-refractivity contribution in [3.8, 4) is 0 Å². The molecular weight excluding hydrogens is 320 g/mol. The molecule has 0 amide bonds. The molecular formula is C19H20N2O4. The van der Waals surface area contributed by atoms with E-state index in [1.54, 1.807) is 0 Å². The Morgan fingerprint density at radius 3 is 2.32 bits per heavy atom. The lowest BCUT2D eigenvalue weighted by Gasteiger charge is -2.27. The van der Waals surface area contributed by atoms with Gasteiger partial charge in [-0.2, -0.15) is 0 Å². The minimum absolute atomic E-state index is 0.0331.